The fraction of sp³-hybridized carbons (Fsp3) is 0.333. The molecule has 0 atom stereocenters. The Labute approximate surface area is 153 Å². The van der Waals surface area contributed by atoms with Gasteiger partial charge in [0.05, 0.1) is 16.0 Å². The van der Waals surface area contributed by atoms with Crippen molar-refractivity contribution >= 4 is 38.4 Å². The Hall–Kier alpha value is -1.79. The highest BCUT2D eigenvalue weighted by Gasteiger charge is 2.33. The Morgan fingerprint density at radius 1 is 1.04 bits per heavy atom. The van der Waals surface area contributed by atoms with E-state index in [0.717, 1.165) is 36.6 Å². The van der Waals surface area contributed by atoms with Crippen LogP contribution >= 0.6 is 22.9 Å². The van der Waals surface area contributed by atoms with Gasteiger partial charge in [0.2, 0.25) is 0 Å². The van der Waals surface area contributed by atoms with Crippen LogP contribution in [0.2, 0.25) is 0 Å². The van der Waals surface area contributed by atoms with Crippen molar-refractivity contribution in [2.75, 3.05) is 18.0 Å². The van der Waals surface area contributed by atoms with Crippen LogP contribution < -0.4 is 4.90 Å². The molecule has 0 bridgehead atoms. The molecule has 3 nitrogen and oxygen atoms in total. The van der Waals surface area contributed by atoms with Gasteiger partial charge < -0.3 is 4.90 Å². The van der Waals surface area contributed by atoms with Crippen molar-refractivity contribution in [3.8, 4) is 11.3 Å². The molecule has 0 spiro atoms. The van der Waals surface area contributed by atoms with E-state index in [0.29, 0.717) is 16.0 Å². The van der Waals surface area contributed by atoms with Crippen molar-refractivity contribution in [1.29, 1.82) is 0 Å². The zero-order valence-corrected chi connectivity index (χ0v) is 15.0. The molecule has 0 saturated carbocycles. The minimum Gasteiger partial charge on any atom is -0.348 e. The predicted octanol–water partition coefficient (Wildman–Crippen LogP) is 5.64. The molecular weight excluding hydrogens is 364 g/mol. The van der Waals surface area contributed by atoms with E-state index in [1.54, 1.807) is 0 Å². The van der Waals surface area contributed by atoms with Crippen LogP contribution in [0, 0.1) is 0 Å². The Morgan fingerprint density at radius 3 is 2.44 bits per heavy atom. The third-order valence-electron chi connectivity index (χ3n) is 4.35. The maximum Gasteiger partial charge on any atom is 0.349 e. The van der Waals surface area contributed by atoms with Crippen molar-refractivity contribution in [2.45, 2.75) is 24.6 Å². The molecule has 0 aliphatic carbocycles. The number of aromatic nitrogens is 2. The Bertz CT molecular complexity index is 886. The molecule has 0 amide bonds. The van der Waals surface area contributed by atoms with Crippen molar-refractivity contribution in [2.24, 2.45) is 0 Å². The summed E-state index contributed by atoms with van der Waals surface area (Å²) in [6, 6.07) is 10.6. The average molecular weight is 380 g/mol. The quantitative estimate of drug-likeness (QED) is 0.552. The van der Waals surface area contributed by atoms with E-state index in [1.165, 1.54) is 23.8 Å². The van der Waals surface area contributed by atoms with Crippen LogP contribution in [-0.2, 0) is 5.38 Å². The molecule has 3 aromatic rings. The van der Waals surface area contributed by atoms with Gasteiger partial charge in [0.1, 0.15) is 0 Å². The molecule has 0 N–H and O–H groups in total. The lowest BCUT2D eigenvalue weighted by Crippen LogP contribution is -2.29. The summed E-state index contributed by atoms with van der Waals surface area (Å²) in [6.45, 7) is 1.80. The first-order chi connectivity index (χ1) is 12.0. The molecule has 3 heterocycles. The van der Waals surface area contributed by atoms with Gasteiger partial charge in [0.15, 0.2) is 10.8 Å². The van der Waals surface area contributed by atoms with E-state index in [-0.39, 0.29) is 5.56 Å². The van der Waals surface area contributed by atoms with Gasteiger partial charge >= 0.3 is 5.38 Å². The highest BCUT2D eigenvalue weighted by molar-refractivity contribution is 7.22. The molecule has 25 heavy (non-hydrogen) atoms. The monoisotopic (exact) mass is 379 g/mol. The molecule has 1 aliphatic heterocycles. The second kappa shape index (κ2) is 6.50. The van der Waals surface area contributed by atoms with E-state index >= 15 is 0 Å². The molecular formula is C18H16ClF2N3S. The fourth-order valence-corrected chi connectivity index (χ4v) is 4.40. The number of rotatable bonds is 3. The van der Waals surface area contributed by atoms with Gasteiger partial charge in [-0.05, 0) is 36.9 Å². The number of thiazole rings is 1. The van der Waals surface area contributed by atoms with Gasteiger partial charge in [0, 0.05) is 18.7 Å². The van der Waals surface area contributed by atoms with Gasteiger partial charge in [-0.15, -0.1) is 0 Å². The molecule has 1 saturated heterocycles. The topological polar surface area (TPSA) is 29.0 Å². The summed E-state index contributed by atoms with van der Waals surface area (Å²) < 4.78 is 28.4. The first-order valence-electron chi connectivity index (χ1n) is 8.21. The van der Waals surface area contributed by atoms with E-state index < -0.39 is 5.38 Å². The molecule has 0 unspecified atom stereocenters. The number of halogens is 3. The standard InChI is InChI=1S/C18H16ClF2N3S/c19-18(20,21)13-11-14(12-7-3-1-4-8-12)22-16-15(13)25-17(23-16)24-9-5-2-6-10-24/h1,3-4,7-8,11H,2,5-6,9-10H2. The van der Waals surface area contributed by atoms with E-state index in [4.69, 9.17) is 11.6 Å². The van der Waals surface area contributed by atoms with Gasteiger partial charge in [-0.1, -0.05) is 41.7 Å². The summed E-state index contributed by atoms with van der Waals surface area (Å²) in [4.78, 5) is 11.2. The van der Waals surface area contributed by atoms with Crippen LogP contribution in [-0.4, -0.2) is 23.1 Å². The third-order valence-corrected chi connectivity index (χ3v) is 5.69. The summed E-state index contributed by atoms with van der Waals surface area (Å²) in [5, 5.41) is -2.72. The number of pyridine rings is 1. The van der Waals surface area contributed by atoms with Crippen LogP contribution in [0.15, 0.2) is 36.4 Å². The van der Waals surface area contributed by atoms with Gasteiger partial charge in [-0.3, -0.25) is 0 Å². The molecule has 1 aromatic carbocycles. The molecule has 2 aromatic heterocycles. The smallest absolute Gasteiger partial charge is 0.348 e. The lowest BCUT2D eigenvalue weighted by Gasteiger charge is -2.25. The number of hydrogen-bond donors (Lipinski definition) is 0. The highest BCUT2D eigenvalue weighted by atomic mass is 35.5. The summed E-state index contributed by atoms with van der Waals surface area (Å²) in [7, 11) is 0. The SMILES string of the molecule is FC(F)(Cl)c1cc(-c2ccccc2)nc2nc(N3CCCCC3)sc12. The predicted molar refractivity (Wildman–Crippen MR) is 98.7 cm³/mol. The number of nitrogens with zero attached hydrogens (tertiary/aromatic N) is 3. The lowest BCUT2D eigenvalue weighted by atomic mass is 10.1. The van der Waals surface area contributed by atoms with E-state index in [1.807, 2.05) is 30.3 Å². The molecule has 0 radical (unpaired) electrons. The molecule has 1 fully saturated rings. The number of piperidine rings is 1. The highest BCUT2D eigenvalue weighted by Crippen LogP contribution is 2.42. The van der Waals surface area contributed by atoms with E-state index in [2.05, 4.69) is 14.9 Å². The summed E-state index contributed by atoms with van der Waals surface area (Å²) >= 11 is 6.65. The number of anilines is 1. The second-order valence-electron chi connectivity index (χ2n) is 6.12. The Kier molecular flexibility index (Phi) is 4.33. The Morgan fingerprint density at radius 2 is 1.76 bits per heavy atom. The third kappa shape index (κ3) is 3.33. The number of benzene rings is 1. The van der Waals surface area contributed by atoms with Crippen LogP contribution in [0.25, 0.3) is 21.6 Å². The van der Waals surface area contributed by atoms with Crippen LogP contribution in [0.3, 0.4) is 0 Å². The van der Waals surface area contributed by atoms with E-state index in [9.17, 15) is 8.78 Å². The van der Waals surface area contributed by atoms with Crippen LogP contribution in [0.1, 0.15) is 24.8 Å². The Balaban J connectivity index is 1.87. The minimum absolute atomic E-state index is 0.223. The maximum absolute atomic E-state index is 14.0. The molecule has 7 heteroatoms. The summed E-state index contributed by atoms with van der Waals surface area (Å²) in [6.07, 6.45) is 3.39. The first kappa shape index (κ1) is 16.7. The maximum atomic E-state index is 14.0. The van der Waals surface area contributed by atoms with Crippen molar-refractivity contribution in [3.05, 3.63) is 42.0 Å². The number of hydrogen-bond acceptors (Lipinski definition) is 4. The minimum atomic E-state index is -3.46. The normalized spacial score (nSPS) is 15.7. The van der Waals surface area contributed by atoms with Gasteiger partial charge in [-0.2, -0.15) is 13.8 Å². The number of fused-ring (bicyclic) bond motifs is 1. The lowest BCUT2D eigenvalue weighted by molar-refractivity contribution is 0.0970. The molecule has 4 rings (SSSR count). The van der Waals surface area contributed by atoms with Gasteiger partial charge in [0.25, 0.3) is 0 Å². The fourth-order valence-electron chi connectivity index (χ4n) is 3.09. The van der Waals surface area contributed by atoms with Crippen molar-refractivity contribution in [1.82, 2.24) is 9.97 Å². The van der Waals surface area contributed by atoms with Gasteiger partial charge in [-0.25, -0.2) is 4.98 Å². The summed E-state index contributed by atoms with van der Waals surface area (Å²) in [5.74, 6) is 0. The molecule has 130 valence electrons. The van der Waals surface area contributed by atoms with Crippen molar-refractivity contribution in [3.63, 3.8) is 0 Å². The molecule has 1 aliphatic rings. The van der Waals surface area contributed by atoms with Crippen LogP contribution in [0.4, 0.5) is 13.9 Å². The first-order valence-corrected chi connectivity index (χ1v) is 9.41. The zero-order valence-electron chi connectivity index (χ0n) is 13.4. The number of alkyl halides is 3. The largest absolute Gasteiger partial charge is 0.349 e. The summed E-state index contributed by atoms with van der Waals surface area (Å²) in [5.41, 5.74) is 1.33. The van der Waals surface area contributed by atoms with Crippen LogP contribution in [0.5, 0.6) is 0 Å². The average Bonchev–Trinajstić information content (AvgIpc) is 3.05. The van der Waals surface area contributed by atoms with Crippen molar-refractivity contribution < 1.29 is 8.78 Å². The second-order valence-corrected chi connectivity index (χ2v) is 7.57. The zero-order chi connectivity index (χ0) is 17.4.